The number of esters is 3. The van der Waals surface area contributed by atoms with Gasteiger partial charge in [0.25, 0.3) is 0 Å². The van der Waals surface area contributed by atoms with Gasteiger partial charge in [0.1, 0.15) is 13.2 Å². The quantitative estimate of drug-likeness (QED) is 0.0348. The summed E-state index contributed by atoms with van der Waals surface area (Å²) in [6, 6.07) is 0. The Balaban J connectivity index is 4.30. The van der Waals surface area contributed by atoms with Crippen molar-refractivity contribution in [3.05, 3.63) is 0 Å². The van der Waals surface area contributed by atoms with E-state index in [0.717, 1.165) is 75.5 Å². The third-order valence-electron chi connectivity index (χ3n) is 11.5. The Morgan fingerprint density at radius 2 is 0.625 bits per heavy atom. The van der Waals surface area contributed by atoms with E-state index in [2.05, 4.69) is 41.5 Å². The zero-order valence-electron chi connectivity index (χ0n) is 38.4. The first-order valence-corrected chi connectivity index (χ1v) is 24.6. The molecule has 0 amide bonds. The van der Waals surface area contributed by atoms with Gasteiger partial charge in [0.05, 0.1) is 0 Å². The molecule has 0 aliphatic rings. The van der Waals surface area contributed by atoms with Gasteiger partial charge in [-0.1, -0.05) is 228 Å². The zero-order chi connectivity index (χ0) is 41.3. The summed E-state index contributed by atoms with van der Waals surface area (Å²) in [5, 5.41) is 0. The summed E-state index contributed by atoms with van der Waals surface area (Å²) in [5.74, 6) is 1.59. The standard InChI is InChI=1S/C50H96O6/c1-7-46(6)38-32-26-22-23-28-34-40-49(52)55-43-47(42-54-48(51)39-33-27-20-17-16-19-25-31-37-45(4)5)56-50(53)41-35-29-21-15-13-11-9-8-10-12-14-18-24-30-36-44(2)3/h44-47H,7-43H2,1-6H3/t46?,47-/m0/s1. The fourth-order valence-corrected chi connectivity index (χ4v) is 7.38. The first-order chi connectivity index (χ1) is 27.1. The van der Waals surface area contributed by atoms with Crippen LogP contribution >= 0.6 is 0 Å². The molecule has 0 aromatic carbocycles. The van der Waals surface area contributed by atoms with Gasteiger partial charge >= 0.3 is 17.9 Å². The second-order valence-electron chi connectivity index (χ2n) is 18.3. The molecule has 0 saturated heterocycles. The van der Waals surface area contributed by atoms with Crippen LogP contribution in [-0.4, -0.2) is 37.2 Å². The van der Waals surface area contributed by atoms with Crippen LogP contribution in [-0.2, 0) is 28.6 Å². The highest BCUT2D eigenvalue weighted by atomic mass is 16.6. The summed E-state index contributed by atoms with van der Waals surface area (Å²) in [6.45, 7) is 13.7. The van der Waals surface area contributed by atoms with E-state index in [9.17, 15) is 14.4 Å². The normalized spacial score (nSPS) is 12.6. The van der Waals surface area contributed by atoms with E-state index in [4.69, 9.17) is 14.2 Å². The molecule has 0 radical (unpaired) electrons. The molecule has 0 N–H and O–H groups in total. The van der Waals surface area contributed by atoms with Crippen molar-refractivity contribution < 1.29 is 28.6 Å². The van der Waals surface area contributed by atoms with Crippen molar-refractivity contribution >= 4 is 17.9 Å². The number of hydrogen-bond donors (Lipinski definition) is 0. The number of unbranched alkanes of at least 4 members (excludes halogenated alkanes) is 25. The highest BCUT2D eigenvalue weighted by Crippen LogP contribution is 2.18. The van der Waals surface area contributed by atoms with E-state index in [0.29, 0.717) is 19.3 Å². The molecule has 0 bridgehead atoms. The van der Waals surface area contributed by atoms with Crippen LogP contribution < -0.4 is 0 Å². The average Bonchev–Trinajstić information content (AvgIpc) is 3.16. The molecule has 0 heterocycles. The second-order valence-corrected chi connectivity index (χ2v) is 18.3. The molecule has 0 aliphatic heterocycles. The summed E-state index contributed by atoms with van der Waals surface area (Å²) in [7, 11) is 0. The van der Waals surface area contributed by atoms with Gasteiger partial charge in [-0.15, -0.1) is 0 Å². The molecule has 0 aromatic heterocycles. The van der Waals surface area contributed by atoms with Crippen LogP contribution in [0, 0.1) is 17.8 Å². The minimum atomic E-state index is -0.763. The van der Waals surface area contributed by atoms with Gasteiger partial charge in [-0.25, -0.2) is 0 Å². The Labute approximate surface area is 348 Å². The van der Waals surface area contributed by atoms with Gasteiger partial charge in [-0.05, 0) is 37.0 Å². The lowest BCUT2D eigenvalue weighted by atomic mass is 10.00. The van der Waals surface area contributed by atoms with Gasteiger partial charge < -0.3 is 14.2 Å². The van der Waals surface area contributed by atoms with Crippen LogP contribution in [0.15, 0.2) is 0 Å². The minimum Gasteiger partial charge on any atom is -0.462 e. The van der Waals surface area contributed by atoms with Crippen LogP contribution in [0.5, 0.6) is 0 Å². The van der Waals surface area contributed by atoms with Crippen molar-refractivity contribution in [3.63, 3.8) is 0 Å². The van der Waals surface area contributed by atoms with Crippen molar-refractivity contribution in [1.29, 1.82) is 0 Å². The SMILES string of the molecule is CCC(C)CCCCCCCCC(=O)OC[C@H](COC(=O)CCCCCCCCCCC(C)C)OC(=O)CCCCCCCCCCCCCCCCC(C)C. The fraction of sp³-hybridized carbons (Fsp3) is 0.940. The lowest BCUT2D eigenvalue weighted by molar-refractivity contribution is -0.167. The van der Waals surface area contributed by atoms with Crippen LogP contribution in [0.25, 0.3) is 0 Å². The lowest BCUT2D eigenvalue weighted by Crippen LogP contribution is -2.30. The maximum Gasteiger partial charge on any atom is 0.306 e. The fourth-order valence-electron chi connectivity index (χ4n) is 7.38. The molecule has 6 nitrogen and oxygen atoms in total. The molecule has 0 saturated carbocycles. The van der Waals surface area contributed by atoms with Crippen molar-refractivity contribution in [3.8, 4) is 0 Å². The van der Waals surface area contributed by atoms with Gasteiger partial charge in [0.2, 0.25) is 0 Å². The van der Waals surface area contributed by atoms with Crippen molar-refractivity contribution in [1.82, 2.24) is 0 Å². The van der Waals surface area contributed by atoms with Crippen molar-refractivity contribution in [2.24, 2.45) is 17.8 Å². The highest BCUT2D eigenvalue weighted by molar-refractivity contribution is 5.71. The highest BCUT2D eigenvalue weighted by Gasteiger charge is 2.19. The van der Waals surface area contributed by atoms with Gasteiger partial charge in [0.15, 0.2) is 6.10 Å². The Kier molecular flexibility index (Phi) is 40.4. The summed E-state index contributed by atoms with van der Waals surface area (Å²) < 4.78 is 16.8. The monoisotopic (exact) mass is 793 g/mol. The molecular formula is C50H96O6. The maximum absolute atomic E-state index is 12.8. The molecule has 0 aliphatic carbocycles. The minimum absolute atomic E-state index is 0.0663. The predicted octanol–water partition coefficient (Wildman–Crippen LogP) is 15.6. The number of rotatable bonds is 43. The molecule has 0 spiro atoms. The number of hydrogen-bond acceptors (Lipinski definition) is 6. The van der Waals surface area contributed by atoms with Crippen LogP contribution in [0.1, 0.15) is 266 Å². The Morgan fingerprint density at radius 1 is 0.357 bits per heavy atom. The van der Waals surface area contributed by atoms with E-state index in [1.54, 1.807) is 0 Å². The topological polar surface area (TPSA) is 78.9 Å². The summed E-state index contributed by atoms with van der Waals surface area (Å²) in [6.07, 6.45) is 39.5. The third kappa shape index (κ3) is 42.0. The van der Waals surface area contributed by atoms with Crippen molar-refractivity contribution in [2.75, 3.05) is 13.2 Å². The third-order valence-corrected chi connectivity index (χ3v) is 11.5. The molecule has 0 rings (SSSR count). The lowest BCUT2D eigenvalue weighted by Gasteiger charge is -2.18. The summed E-state index contributed by atoms with van der Waals surface area (Å²) in [4.78, 5) is 37.8. The molecular weight excluding hydrogens is 697 g/mol. The largest absolute Gasteiger partial charge is 0.462 e. The second kappa shape index (κ2) is 41.6. The molecule has 2 atom stereocenters. The van der Waals surface area contributed by atoms with Gasteiger partial charge in [-0.3, -0.25) is 14.4 Å². The molecule has 0 fully saturated rings. The maximum atomic E-state index is 12.8. The van der Waals surface area contributed by atoms with Crippen LogP contribution in [0.3, 0.4) is 0 Å². The molecule has 1 unspecified atom stereocenters. The first-order valence-electron chi connectivity index (χ1n) is 24.6. The number of ether oxygens (including phenoxy) is 3. The Hall–Kier alpha value is -1.59. The van der Waals surface area contributed by atoms with Crippen LogP contribution in [0.2, 0.25) is 0 Å². The smallest absolute Gasteiger partial charge is 0.306 e. The van der Waals surface area contributed by atoms with E-state index in [1.807, 2.05) is 0 Å². The van der Waals surface area contributed by atoms with E-state index in [-0.39, 0.29) is 31.1 Å². The average molecular weight is 793 g/mol. The molecule has 0 aromatic rings. The van der Waals surface area contributed by atoms with E-state index < -0.39 is 6.10 Å². The molecule has 6 heteroatoms. The predicted molar refractivity (Wildman–Crippen MR) is 238 cm³/mol. The molecule has 332 valence electrons. The van der Waals surface area contributed by atoms with Gasteiger partial charge in [-0.2, -0.15) is 0 Å². The van der Waals surface area contributed by atoms with Crippen LogP contribution in [0.4, 0.5) is 0 Å². The van der Waals surface area contributed by atoms with E-state index in [1.165, 1.54) is 148 Å². The number of carbonyl (C=O) groups is 3. The van der Waals surface area contributed by atoms with Gasteiger partial charge in [0, 0.05) is 19.3 Å². The summed E-state index contributed by atoms with van der Waals surface area (Å²) >= 11 is 0. The summed E-state index contributed by atoms with van der Waals surface area (Å²) in [5.41, 5.74) is 0. The molecule has 56 heavy (non-hydrogen) atoms. The Morgan fingerprint density at radius 3 is 0.929 bits per heavy atom. The number of carbonyl (C=O) groups excluding carboxylic acids is 3. The van der Waals surface area contributed by atoms with Crippen molar-refractivity contribution in [2.45, 2.75) is 272 Å². The zero-order valence-corrected chi connectivity index (χ0v) is 38.4. The Bertz CT molecular complexity index is 870. The first kappa shape index (κ1) is 54.4. The van der Waals surface area contributed by atoms with E-state index >= 15 is 0 Å².